The molecule has 7 heteroatoms. The van der Waals surface area contributed by atoms with Crippen LogP contribution in [0, 0.1) is 0 Å². The molecule has 3 aromatic rings. The molecule has 0 saturated heterocycles. The van der Waals surface area contributed by atoms with Crippen LogP contribution in [0.1, 0.15) is 11.8 Å². The van der Waals surface area contributed by atoms with Crippen LogP contribution >= 0.6 is 11.3 Å². The van der Waals surface area contributed by atoms with Crippen molar-refractivity contribution in [3.05, 3.63) is 58.8 Å². The smallest absolute Gasteiger partial charge is 0.230 e. The SMILES string of the molecule is CCOc1ccc(Nc2ccc(NC(=O)Cc3cccs3)nn2)cc1. The minimum absolute atomic E-state index is 0.107. The van der Waals surface area contributed by atoms with Gasteiger partial charge in [-0.15, -0.1) is 21.5 Å². The van der Waals surface area contributed by atoms with E-state index in [0.29, 0.717) is 24.7 Å². The number of benzene rings is 1. The average Bonchev–Trinajstić information content (AvgIpc) is 3.11. The molecule has 0 saturated carbocycles. The first kappa shape index (κ1) is 16.9. The lowest BCUT2D eigenvalue weighted by molar-refractivity contribution is -0.115. The highest BCUT2D eigenvalue weighted by Gasteiger charge is 2.06. The van der Waals surface area contributed by atoms with E-state index in [1.54, 1.807) is 23.5 Å². The highest BCUT2D eigenvalue weighted by Crippen LogP contribution is 2.19. The Morgan fingerprint density at radius 2 is 1.84 bits per heavy atom. The summed E-state index contributed by atoms with van der Waals surface area (Å²) in [4.78, 5) is 13.0. The second-order valence-electron chi connectivity index (χ2n) is 5.19. The third-order valence-corrected chi connectivity index (χ3v) is 4.16. The number of aromatic nitrogens is 2. The van der Waals surface area contributed by atoms with Crippen molar-refractivity contribution < 1.29 is 9.53 Å². The number of nitrogens with zero attached hydrogens (tertiary/aromatic N) is 2. The molecule has 0 aliphatic carbocycles. The van der Waals surface area contributed by atoms with E-state index in [0.717, 1.165) is 16.3 Å². The monoisotopic (exact) mass is 354 g/mol. The number of ether oxygens (including phenoxy) is 1. The molecule has 2 heterocycles. The summed E-state index contributed by atoms with van der Waals surface area (Å²) in [5.41, 5.74) is 0.882. The summed E-state index contributed by atoms with van der Waals surface area (Å²) in [6.07, 6.45) is 0.339. The number of thiophene rings is 1. The van der Waals surface area contributed by atoms with E-state index in [4.69, 9.17) is 4.74 Å². The molecule has 1 amide bonds. The van der Waals surface area contributed by atoms with Gasteiger partial charge in [0, 0.05) is 10.6 Å². The molecule has 0 atom stereocenters. The van der Waals surface area contributed by atoms with Gasteiger partial charge in [0.05, 0.1) is 13.0 Å². The number of amides is 1. The van der Waals surface area contributed by atoms with Crippen molar-refractivity contribution in [2.24, 2.45) is 0 Å². The Morgan fingerprint density at radius 1 is 1.08 bits per heavy atom. The van der Waals surface area contributed by atoms with Gasteiger partial charge in [0.2, 0.25) is 5.91 Å². The summed E-state index contributed by atoms with van der Waals surface area (Å²) in [7, 11) is 0. The summed E-state index contributed by atoms with van der Waals surface area (Å²) in [6, 6.07) is 14.9. The van der Waals surface area contributed by atoms with Gasteiger partial charge in [0.25, 0.3) is 0 Å². The highest BCUT2D eigenvalue weighted by atomic mass is 32.1. The van der Waals surface area contributed by atoms with E-state index >= 15 is 0 Å². The molecule has 0 unspecified atom stereocenters. The van der Waals surface area contributed by atoms with Crippen LogP contribution in [0.4, 0.5) is 17.3 Å². The summed E-state index contributed by atoms with van der Waals surface area (Å²) >= 11 is 1.55. The van der Waals surface area contributed by atoms with Crippen molar-refractivity contribution in [2.75, 3.05) is 17.2 Å². The third kappa shape index (κ3) is 5.02. The zero-order chi connectivity index (χ0) is 17.5. The number of hydrogen-bond acceptors (Lipinski definition) is 6. The largest absolute Gasteiger partial charge is 0.494 e. The van der Waals surface area contributed by atoms with Crippen molar-refractivity contribution in [3.8, 4) is 5.75 Å². The molecule has 0 bridgehead atoms. The minimum atomic E-state index is -0.107. The van der Waals surface area contributed by atoms with Gasteiger partial charge in [0.1, 0.15) is 5.75 Å². The molecule has 0 aliphatic heterocycles. The normalized spacial score (nSPS) is 10.3. The van der Waals surface area contributed by atoms with E-state index < -0.39 is 0 Å². The second-order valence-corrected chi connectivity index (χ2v) is 6.22. The molecule has 0 aliphatic rings. The Morgan fingerprint density at radius 3 is 2.48 bits per heavy atom. The molecular weight excluding hydrogens is 336 g/mol. The molecule has 2 aromatic heterocycles. The molecule has 0 radical (unpaired) electrons. The van der Waals surface area contributed by atoms with E-state index in [9.17, 15) is 4.79 Å². The lowest BCUT2D eigenvalue weighted by atomic mass is 10.3. The van der Waals surface area contributed by atoms with Gasteiger partial charge >= 0.3 is 0 Å². The molecule has 0 fully saturated rings. The van der Waals surface area contributed by atoms with Crippen LogP contribution in [0.15, 0.2) is 53.9 Å². The maximum atomic E-state index is 11.9. The first-order valence-electron chi connectivity index (χ1n) is 7.89. The Balaban J connectivity index is 1.55. The van der Waals surface area contributed by atoms with Gasteiger partial charge in [0.15, 0.2) is 11.6 Å². The van der Waals surface area contributed by atoms with Gasteiger partial charge in [-0.25, -0.2) is 0 Å². The Hall–Kier alpha value is -2.93. The van der Waals surface area contributed by atoms with Crippen LogP contribution in [-0.2, 0) is 11.2 Å². The van der Waals surface area contributed by atoms with Gasteiger partial charge in [-0.2, -0.15) is 0 Å². The summed E-state index contributed by atoms with van der Waals surface area (Å²) in [6.45, 7) is 2.58. The van der Waals surface area contributed by atoms with Crippen LogP contribution < -0.4 is 15.4 Å². The second kappa shape index (κ2) is 8.25. The number of anilines is 3. The Labute approximate surface area is 149 Å². The van der Waals surface area contributed by atoms with E-state index in [2.05, 4.69) is 20.8 Å². The zero-order valence-corrected chi connectivity index (χ0v) is 14.5. The third-order valence-electron chi connectivity index (χ3n) is 3.28. The predicted molar refractivity (Wildman–Crippen MR) is 99.6 cm³/mol. The van der Waals surface area contributed by atoms with Crippen molar-refractivity contribution in [1.82, 2.24) is 10.2 Å². The predicted octanol–water partition coefficient (Wildman–Crippen LogP) is 3.86. The first-order valence-corrected chi connectivity index (χ1v) is 8.77. The van der Waals surface area contributed by atoms with Gasteiger partial charge < -0.3 is 15.4 Å². The fourth-order valence-corrected chi connectivity index (χ4v) is 2.88. The lowest BCUT2D eigenvalue weighted by Crippen LogP contribution is -2.15. The van der Waals surface area contributed by atoms with E-state index in [-0.39, 0.29) is 5.91 Å². The van der Waals surface area contributed by atoms with Crippen LogP contribution in [0.25, 0.3) is 0 Å². The quantitative estimate of drug-likeness (QED) is 0.674. The number of carbonyl (C=O) groups is 1. The molecule has 6 nitrogen and oxygen atoms in total. The van der Waals surface area contributed by atoms with E-state index in [1.165, 1.54) is 0 Å². The highest BCUT2D eigenvalue weighted by molar-refractivity contribution is 7.10. The molecule has 1 aromatic carbocycles. The van der Waals surface area contributed by atoms with Crippen LogP contribution in [0.2, 0.25) is 0 Å². The average molecular weight is 354 g/mol. The van der Waals surface area contributed by atoms with Crippen molar-refractivity contribution in [1.29, 1.82) is 0 Å². The minimum Gasteiger partial charge on any atom is -0.494 e. The van der Waals surface area contributed by atoms with Gasteiger partial charge in [-0.3, -0.25) is 4.79 Å². The number of rotatable bonds is 7. The molecule has 3 rings (SSSR count). The van der Waals surface area contributed by atoms with Crippen LogP contribution in [-0.4, -0.2) is 22.7 Å². The van der Waals surface area contributed by atoms with E-state index in [1.807, 2.05) is 48.7 Å². The fraction of sp³-hybridized carbons (Fsp3) is 0.167. The number of carbonyl (C=O) groups excluding carboxylic acids is 1. The first-order chi connectivity index (χ1) is 12.2. The topological polar surface area (TPSA) is 76.1 Å². The maximum absolute atomic E-state index is 11.9. The number of hydrogen-bond donors (Lipinski definition) is 2. The van der Waals surface area contributed by atoms with Crippen molar-refractivity contribution >= 4 is 34.6 Å². The van der Waals surface area contributed by atoms with Crippen molar-refractivity contribution in [2.45, 2.75) is 13.3 Å². The standard InChI is InChI=1S/C18H18N4O2S/c1-2-24-14-7-5-13(6-8-14)19-16-9-10-17(22-21-16)20-18(23)12-15-4-3-11-25-15/h3-11H,2,12H2,1H3,(H,19,21)(H,20,22,23). The molecule has 128 valence electrons. The molecule has 0 spiro atoms. The fourth-order valence-electron chi connectivity index (χ4n) is 2.17. The summed E-state index contributed by atoms with van der Waals surface area (Å²) in [5, 5.41) is 15.9. The van der Waals surface area contributed by atoms with Crippen LogP contribution in [0.3, 0.4) is 0 Å². The van der Waals surface area contributed by atoms with Crippen molar-refractivity contribution in [3.63, 3.8) is 0 Å². The van der Waals surface area contributed by atoms with Gasteiger partial charge in [-0.1, -0.05) is 6.07 Å². The lowest BCUT2D eigenvalue weighted by Gasteiger charge is -2.08. The summed E-state index contributed by atoms with van der Waals surface area (Å²) < 4.78 is 5.41. The molecule has 25 heavy (non-hydrogen) atoms. The summed E-state index contributed by atoms with van der Waals surface area (Å²) in [5.74, 6) is 1.74. The molecule has 2 N–H and O–H groups in total. The van der Waals surface area contributed by atoms with Crippen LogP contribution in [0.5, 0.6) is 5.75 Å². The molecular formula is C18H18N4O2S. The Kier molecular flexibility index (Phi) is 5.58. The van der Waals surface area contributed by atoms with Gasteiger partial charge in [-0.05, 0) is 54.8 Å². The Bertz CT molecular complexity index is 802. The number of nitrogens with one attached hydrogen (secondary N) is 2. The zero-order valence-electron chi connectivity index (χ0n) is 13.7. The maximum Gasteiger partial charge on any atom is 0.230 e.